The number of hydrogen-bond acceptors (Lipinski definition) is 5. The van der Waals surface area contributed by atoms with Crippen molar-refractivity contribution in [2.24, 2.45) is 10.2 Å². The van der Waals surface area contributed by atoms with Gasteiger partial charge < -0.3 is 5.11 Å². The quantitative estimate of drug-likeness (QED) is 0.684. The molecule has 0 aliphatic rings. The van der Waals surface area contributed by atoms with Crippen molar-refractivity contribution in [2.45, 2.75) is 6.92 Å². The van der Waals surface area contributed by atoms with Gasteiger partial charge in [0.25, 0.3) is 0 Å². The number of aromatic nitrogens is 1. The molecule has 4 nitrogen and oxygen atoms in total. The van der Waals surface area contributed by atoms with Crippen molar-refractivity contribution in [1.82, 2.24) is 4.98 Å². The predicted octanol–water partition coefficient (Wildman–Crippen LogP) is 4.73. The van der Waals surface area contributed by atoms with Crippen molar-refractivity contribution in [1.29, 1.82) is 0 Å². The van der Waals surface area contributed by atoms with E-state index in [2.05, 4.69) is 15.2 Å². The van der Waals surface area contributed by atoms with Gasteiger partial charge in [0.15, 0.2) is 0 Å². The Morgan fingerprint density at radius 2 is 1.95 bits per heavy atom. The highest BCUT2D eigenvalue weighted by molar-refractivity contribution is 7.13. The topological polar surface area (TPSA) is 57.8 Å². The number of hydrogen-bond donors (Lipinski definition) is 1. The molecule has 1 aromatic heterocycles. The molecule has 3 rings (SSSR count). The minimum absolute atomic E-state index is 0.121. The van der Waals surface area contributed by atoms with E-state index in [9.17, 15) is 5.11 Å². The number of aryl methyl sites for hydroxylation is 1. The molecule has 0 atom stereocenters. The summed E-state index contributed by atoms with van der Waals surface area (Å²) in [4.78, 5) is 4.21. The molecule has 94 valence electrons. The highest BCUT2D eigenvalue weighted by atomic mass is 32.1. The minimum Gasteiger partial charge on any atom is -0.506 e. The summed E-state index contributed by atoms with van der Waals surface area (Å²) >= 11 is 1.43. The Labute approximate surface area is 114 Å². The maximum Gasteiger partial charge on any atom is 0.230 e. The van der Waals surface area contributed by atoms with Crippen LogP contribution in [0, 0.1) is 6.92 Å². The molecule has 0 amide bonds. The zero-order chi connectivity index (χ0) is 13.2. The van der Waals surface area contributed by atoms with Crippen molar-refractivity contribution in [3.8, 4) is 5.75 Å². The van der Waals surface area contributed by atoms with Gasteiger partial charge in [0, 0.05) is 10.8 Å². The van der Waals surface area contributed by atoms with Crippen molar-refractivity contribution in [2.75, 3.05) is 0 Å². The molecule has 0 fully saturated rings. The lowest BCUT2D eigenvalue weighted by Gasteiger charge is -2.02. The fourth-order valence-corrected chi connectivity index (χ4v) is 2.44. The number of phenolic OH excluding ortho intramolecular Hbond substituents is 1. The molecular weight excluding hydrogens is 258 g/mol. The first kappa shape index (κ1) is 11.8. The first-order valence-electron chi connectivity index (χ1n) is 5.78. The Bertz CT molecular complexity index is 764. The van der Waals surface area contributed by atoms with Gasteiger partial charge in [-0.1, -0.05) is 30.3 Å². The molecule has 0 aliphatic carbocycles. The lowest BCUT2D eigenvalue weighted by atomic mass is 10.1. The van der Waals surface area contributed by atoms with Gasteiger partial charge in [-0.15, -0.1) is 21.6 Å². The van der Waals surface area contributed by atoms with Gasteiger partial charge in [-0.05, 0) is 18.4 Å². The number of benzene rings is 2. The molecule has 2 aromatic carbocycles. The van der Waals surface area contributed by atoms with Crippen LogP contribution >= 0.6 is 11.3 Å². The van der Waals surface area contributed by atoms with E-state index in [-0.39, 0.29) is 5.75 Å². The van der Waals surface area contributed by atoms with Gasteiger partial charge >= 0.3 is 0 Å². The van der Waals surface area contributed by atoms with E-state index < -0.39 is 0 Å². The number of rotatable bonds is 2. The van der Waals surface area contributed by atoms with Crippen LogP contribution in [0.25, 0.3) is 10.8 Å². The third kappa shape index (κ3) is 2.32. The second-order valence-corrected chi connectivity index (χ2v) is 4.96. The third-order valence-electron chi connectivity index (χ3n) is 2.72. The molecule has 0 saturated heterocycles. The smallest absolute Gasteiger partial charge is 0.230 e. The summed E-state index contributed by atoms with van der Waals surface area (Å²) in [5, 5.41) is 22.5. The zero-order valence-electron chi connectivity index (χ0n) is 10.2. The summed E-state index contributed by atoms with van der Waals surface area (Å²) < 4.78 is 0. The number of fused-ring (bicyclic) bond motifs is 1. The second kappa shape index (κ2) is 4.78. The van der Waals surface area contributed by atoms with E-state index in [1.165, 1.54) is 11.3 Å². The Balaban J connectivity index is 2.09. The first-order valence-corrected chi connectivity index (χ1v) is 6.66. The van der Waals surface area contributed by atoms with Crippen LogP contribution in [-0.4, -0.2) is 10.1 Å². The van der Waals surface area contributed by atoms with Gasteiger partial charge in [0.1, 0.15) is 11.4 Å². The van der Waals surface area contributed by atoms with E-state index in [4.69, 9.17) is 0 Å². The van der Waals surface area contributed by atoms with E-state index >= 15 is 0 Å². The Morgan fingerprint density at radius 1 is 1.11 bits per heavy atom. The first-order chi connectivity index (χ1) is 9.24. The Hall–Kier alpha value is -2.27. The maximum atomic E-state index is 9.92. The third-order valence-corrected chi connectivity index (χ3v) is 3.56. The minimum atomic E-state index is 0.121. The summed E-state index contributed by atoms with van der Waals surface area (Å²) in [7, 11) is 0. The summed E-state index contributed by atoms with van der Waals surface area (Å²) in [5.74, 6) is 0.121. The summed E-state index contributed by atoms with van der Waals surface area (Å²) in [6, 6.07) is 11.2. The standard InChI is InChI=1S/C14H11N3OS/c1-9-8-19-14(15-9)17-16-13-11-5-3-2-4-10(11)6-7-12(13)18/h2-8,18H,1H3. The number of phenols is 1. The molecule has 0 spiro atoms. The number of nitrogens with zero attached hydrogens (tertiary/aromatic N) is 3. The van der Waals surface area contributed by atoms with Crippen LogP contribution in [-0.2, 0) is 0 Å². The molecule has 0 saturated carbocycles. The van der Waals surface area contributed by atoms with Crippen LogP contribution in [0.4, 0.5) is 10.8 Å². The molecular formula is C14H11N3OS. The molecule has 0 radical (unpaired) electrons. The number of thiazole rings is 1. The van der Waals surface area contributed by atoms with E-state index in [0.29, 0.717) is 10.8 Å². The van der Waals surface area contributed by atoms with Crippen LogP contribution in [0.3, 0.4) is 0 Å². The summed E-state index contributed by atoms with van der Waals surface area (Å²) in [6.45, 7) is 1.91. The van der Waals surface area contributed by atoms with Crippen LogP contribution in [0.5, 0.6) is 5.75 Å². The van der Waals surface area contributed by atoms with Crippen molar-refractivity contribution >= 4 is 32.9 Å². The number of aromatic hydroxyl groups is 1. The van der Waals surface area contributed by atoms with E-state index in [1.807, 2.05) is 42.6 Å². The average Bonchev–Trinajstić information content (AvgIpc) is 2.83. The van der Waals surface area contributed by atoms with Crippen LogP contribution < -0.4 is 0 Å². The second-order valence-electron chi connectivity index (χ2n) is 4.13. The molecule has 3 aromatic rings. The average molecular weight is 269 g/mol. The number of azo groups is 1. The van der Waals surface area contributed by atoms with Crippen molar-refractivity contribution < 1.29 is 5.11 Å². The zero-order valence-corrected chi connectivity index (χ0v) is 11.1. The van der Waals surface area contributed by atoms with Gasteiger partial charge in [-0.25, -0.2) is 4.98 Å². The fraction of sp³-hybridized carbons (Fsp3) is 0.0714. The largest absolute Gasteiger partial charge is 0.506 e. The highest BCUT2D eigenvalue weighted by Crippen LogP contribution is 2.36. The Morgan fingerprint density at radius 3 is 2.74 bits per heavy atom. The van der Waals surface area contributed by atoms with Gasteiger partial charge in [0.2, 0.25) is 5.13 Å². The highest BCUT2D eigenvalue weighted by Gasteiger charge is 2.06. The van der Waals surface area contributed by atoms with Gasteiger partial charge in [0.05, 0.1) is 5.69 Å². The van der Waals surface area contributed by atoms with E-state index in [1.54, 1.807) is 6.07 Å². The lowest BCUT2D eigenvalue weighted by Crippen LogP contribution is -1.74. The van der Waals surface area contributed by atoms with Crippen LogP contribution in [0.1, 0.15) is 5.69 Å². The molecule has 19 heavy (non-hydrogen) atoms. The fourth-order valence-electron chi connectivity index (χ4n) is 1.83. The van der Waals surface area contributed by atoms with Gasteiger partial charge in [-0.3, -0.25) is 0 Å². The molecule has 0 unspecified atom stereocenters. The van der Waals surface area contributed by atoms with Gasteiger partial charge in [-0.2, -0.15) is 0 Å². The normalized spacial score (nSPS) is 11.4. The monoisotopic (exact) mass is 269 g/mol. The molecule has 0 aliphatic heterocycles. The SMILES string of the molecule is Cc1csc(N=Nc2c(O)ccc3ccccc23)n1. The van der Waals surface area contributed by atoms with Crippen LogP contribution in [0.15, 0.2) is 52.0 Å². The lowest BCUT2D eigenvalue weighted by molar-refractivity contribution is 0.477. The summed E-state index contributed by atoms with van der Waals surface area (Å²) in [6.07, 6.45) is 0. The van der Waals surface area contributed by atoms with Crippen molar-refractivity contribution in [3.05, 3.63) is 47.5 Å². The Kier molecular flexibility index (Phi) is 2.97. The van der Waals surface area contributed by atoms with E-state index in [0.717, 1.165) is 16.5 Å². The predicted molar refractivity (Wildman–Crippen MR) is 76.6 cm³/mol. The molecule has 1 heterocycles. The molecule has 1 N–H and O–H groups in total. The maximum absolute atomic E-state index is 9.92. The molecule has 0 bridgehead atoms. The summed E-state index contributed by atoms with van der Waals surface area (Å²) in [5.41, 5.74) is 1.40. The van der Waals surface area contributed by atoms with Crippen molar-refractivity contribution in [3.63, 3.8) is 0 Å². The van der Waals surface area contributed by atoms with Crippen LogP contribution in [0.2, 0.25) is 0 Å². The molecule has 5 heteroatoms.